The van der Waals surface area contributed by atoms with Gasteiger partial charge in [-0.2, -0.15) is 0 Å². The van der Waals surface area contributed by atoms with Crippen LogP contribution in [0, 0.1) is 12.3 Å². The molecule has 48 heavy (non-hydrogen) atoms. The second-order valence-corrected chi connectivity index (χ2v) is 14.7. The SMILES string of the molecule is Cc1ncsc1-c1ccc(CNC(=O)[C@@H]2C[C@@H](O)CN2C(=O)[C@@H](NC(=O)CCCCCCCCCCCCCN)C(C)(C)C)cc1.Cl.Cl. The van der Waals surface area contributed by atoms with Crippen molar-refractivity contribution in [2.75, 3.05) is 13.1 Å². The standard InChI is InChI=1S/C36H57N5O4S.2ClH/c1-26-32(46-25-39-26)28-19-17-27(18-20-28)23-38-34(44)30-22-29(42)24-41(30)35(45)33(36(2,3)4)40-31(43)16-14-12-10-8-6-5-7-9-11-13-15-21-37;;/h17-20,25,29-30,33,42H,5-16,21-24,37H2,1-4H3,(H,38,44)(H,40,43);2*1H/t29-,30+,33-;;/m1../s1. The average Bonchev–Trinajstić information content (AvgIpc) is 3.63. The zero-order valence-corrected chi connectivity index (χ0v) is 31.8. The zero-order valence-electron chi connectivity index (χ0n) is 29.3. The van der Waals surface area contributed by atoms with Crippen molar-refractivity contribution < 1.29 is 19.5 Å². The van der Waals surface area contributed by atoms with Gasteiger partial charge >= 0.3 is 0 Å². The molecule has 0 saturated carbocycles. The number of aryl methyl sites for hydroxylation is 1. The lowest BCUT2D eigenvalue weighted by atomic mass is 9.85. The maximum atomic E-state index is 13.8. The monoisotopic (exact) mass is 727 g/mol. The summed E-state index contributed by atoms with van der Waals surface area (Å²) in [5, 5.41) is 16.4. The topological polar surface area (TPSA) is 138 Å². The fraction of sp³-hybridized carbons (Fsp3) is 0.667. The number of thiazole rings is 1. The Hall–Kier alpha value is -2.24. The van der Waals surface area contributed by atoms with E-state index in [-0.39, 0.29) is 55.5 Å². The maximum Gasteiger partial charge on any atom is 0.246 e. The van der Waals surface area contributed by atoms with Crippen molar-refractivity contribution in [3.63, 3.8) is 0 Å². The minimum absolute atomic E-state index is 0. The molecule has 3 rings (SSSR count). The molecule has 272 valence electrons. The van der Waals surface area contributed by atoms with Crippen molar-refractivity contribution >= 4 is 53.9 Å². The van der Waals surface area contributed by atoms with Crippen molar-refractivity contribution in [1.82, 2.24) is 20.5 Å². The van der Waals surface area contributed by atoms with Gasteiger partial charge in [-0.3, -0.25) is 14.4 Å². The van der Waals surface area contributed by atoms with Gasteiger partial charge in [-0.05, 0) is 42.9 Å². The van der Waals surface area contributed by atoms with Crippen LogP contribution >= 0.6 is 36.2 Å². The van der Waals surface area contributed by atoms with Crippen LogP contribution in [0.25, 0.3) is 10.4 Å². The molecular formula is C36H59Cl2N5O4S. The molecule has 1 aromatic carbocycles. The molecule has 3 atom stereocenters. The van der Waals surface area contributed by atoms with Gasteiger partial charge in [0.1, 0.15) is 12.1 Å². The number of β-amino-alcohol motifs (C(OH)–C–C–N with tert-alkyl or cyclic N) is 1. The molecule has 1 fully saturated rings. The van der Waals surface area contributed by atoms with E-state index in [1.54, 1.807) is 11.3 Å². The Labute approximate surface area is 304 Å². The predicted molar refractivity (Wildman–Crippen MR) is 201 cm³/mol. The van der Waals surface area contributed by atoms with Crippen molar-refractivity contribution in [1.29, 1.82) is 0 Å². The Balaban J connectivity index is 0.00000576. The Morgan fingerprint density at radius 3 is 2.04 bits per heavy atom. The highest BCUT2D eigenvalue weighted by Gasteiger charge is 2.44. The van der Waals surface area contributed by atoms with Gasteiger partial charge in [0, 0.05) is 25.9 Å². The molecule has 1 aliphatic rings. The summed E-state index contributed by atoms with van der Waals surface area (Å²) >= 11 is 1.59. The highest BCUT2D eigenvalue weighted by molar-refractivity contribution is 7.13. The van der Waals surface area contributed by atoms with E-state index in [0.717, 1.165) is 53.9 Å². The van der Waals surface area contributed by atoms with Crippen LogP contribution in [0.15, 0.2) is 29.8 Å². The van der Waals surface area contributed by atoms with Crippen LogP contribution in [0.4, 0.5) is 0 Å². The molecule has 1 aromatic heterocycles. The largest absolute Gasteiger partial charge is 0.391 e. The van der Waals surface area contributed by atoms with Gasteiger partial charge in [0.15, 0.2) is 0 Å². The number of aliphatic hydroxyl groups excluding tert-OH is 1. The molecule has 2 aromatic rings. The fourth-order valence-electron chi connectivity index (χ4n) is 6.03. The predicted octanol–water partition coefficient (Wildman–Crippen LogP) is 6.71. The number of carbonyl (C=O) groups is 3. The van der Waals surface area contributed by atoms with E-state index in [9.17, 15) is 19.5 Å². The third-order valence-electron chi connectivity index (χ3n) is 8.82. The van der Waals surface area contributed by atoms with Crippen LogP contribution in [0.3, 0.4) is 0 Å². The molecule has 3 amide bonds. The van der Waals surface area contributed by atoms with Gasteiger partial charge in [-0.1, -0.05) is 103 Å². The van der Waals surface area contributed by atoms with Crippen molar-refractivity contribution in [2.24, 2.45) is 11.1 Å². The highest BCUT2D eigenvalue weighted by atomic mass is 35.5. The molecule has 0 unspecified atom stereocenters. The number of aliphatic hydroxyl groups is 1. The van der Waals surface area contributed by atoms with Gasteiger partial charge in [-0.15, -0.1) is 36.2 Å². The summed E-state index contributed by atoms with van der Waals surface area (Å²) in [6.07, 6.45) is 12.5. The lowest BCUT2D eigenvalue weighted by molar-refractivity contribution is -0.144. The number of nitrogens with one attached hydrogen (secondary N) is 2. The van der Waals surface area contributed by atoms with E-state index in [2.05, 4.69) is 15.6 Å². The van der Waals surface area contributed by atoms with Crippen LogP contribution in [0.2, 0.25) is 0 Å². The van der Waals surface area contributed by atoms with E-state index in [1.165, 1.54) is 49.8 Å². The van der Waals surface area contributed by atoms with Crippen LogP contribution in [0.5, 0.6) is 0 Å². The lowest BCUT2D eigenvalue weighted by Crippen LogP contribution is -2.57. The van der Waals surface area contributed by atoms with Gasteiger partial charge < -0.3 is 26.4 Å². The summed E-state index contributed by atoms with van der Waals surface area (Å²) in [5.74, 6) is -0.786. The van der Waals surface area contributed by atoms with E-state index in [4.69, 9.17) is 5.73 Å². The maximum absolute atomic E-state index is 13.8. The summed E-state index contributed by atoms with van der Waals surface area (Å²) in [5.41, 5.74) is 9.81. The van der Waals surface area contributed by atoms with Gasteiger partial charge in [-0.25, -0.2) is 4.98 Å². The minimum atomic E-state index is -0.798. The molecule has 2 heterocycles. The van der Waals surface area contributed by atoms with E-state index >= 15 is 0 Å². The first kappa shape index (κ1) is 43.8. The number of nitrogens with two attached hydrogens (primary N) is 1. The molecule has 1 saturated heterocycles. The quantitative estimate of drug-likeness (QED) is 0.119. The number of benzene rings is 1. The lowest BCUT2D eigenvalue weighted by Gasteiger charge is -2.35. The Kier molecular flexibility index (Phi) is 20.5. The van der Waals surface area contributed by atoms with Gasteiger partial charge in [0.25, 0.3) is 0 Å². The van der Waals surface area contributed by atoms with Crippen LogP contribution in [-0.2, 0) is 20.9 Å². The second kappa shape index (κ2) is 22.5. The molecule has 9 nitrogen and oxygen atoms in total. The second-order valence-electron chi connectivity index (χ2n) is 13.9. The smallest absolute Gasteiger partial charge is 0.246 e. The first-order valence-electron chi connectivity index (χ1n) is 17.3. The van der Waals surface area contributed by atoms with E-state index in [1.807, 2.05) is 57.5 Å². The first-order valence-corrected chi connectivity index (χ1v) is 18.1. The van der Waals surface area contributed by atoms with Crippen molar-refractivity contribution in [2.45, 2.75) is 136 Å². The number of nitrogens with zero attached hydrogens (tertiary/aromatic N) is 2. The van der Waals surface area contributed by atoms with Crippen LogP contribution < -0.4 is 16.4 Å². The third-order valence-corrected chi connectivity index (χ3v) is 9.80. The van der Waals surface area contributed by atoms with Crippen LogP contribution in [0.1, 0.15) is 115 Å². The summed E-state index contributed by atoms with van der Waals surface area (Å²) in [4.78, 5) is 46.9. The number of unbranched alkanes of at least 4 members (excludes halogenated alkanes) is 10. The zero-order chi connectivity index (χ0) is 33.5. The molecule has 0 spiro atoms. The minimum Gasteiger partial charge on any atom is -0.391 e. The number of amides is 3. The number of carbonyl (C=O) groups excluding carboxylic acids is 3. The van der Waals surface area contributed by atoms with E-state index in [0.29, 0.717) is 13.0 Å². The Morgan fingerprint density at radius 1 is 0.958 bits per heavy atom. The highest BCUT2D eigenvalue weighted by Crippen LogP contribution is 2.28. The third kappa shape index (κ3) is 14.3. The van der Waals surface area contributed by atoms with Gasteiger partial charge in [0.2, 0.25) is 17.7 Å². The van der Waals surface area contributed by atoms with Gasteiger partial charge in [0.05, 0.1) is 22.2 Å². The summed E-state index contributed by atoms with van der Waals surface area (Å²) < 4.78 is 0. The summed E-state index contributed by atoms with van der Waals surface area (Å²) in [7, 11) is 0. The molecule has 5 N–H and O–H groups in total. The number of hydrogen-bond donors (Lipinski definition) is 4. The molecule has 0 bridgehead atoms. The molecule has 1 aliphatic heterocycles. The Morgan fingerprint density at radius 2 is 1.52 bits per heavy atom. The average molecular weight is 729 g/mol. The van der Waals surface area contributed by atoms with Crippen molar-refractivity contribution in [3.8, 4) is 10.4 Å². The normalized spacial score (nSPS) is 16.5. The number of rotatable bonds is 19. The number of aromatic nitrogens is 1. The fourth-order valence-corrected chi connectivity index (χ4v) is 6.85. The van der Waals surface area contributed by atoms with Crippen molar-refractivity contribution in [3.05, 3.63) is 41.0 Å². The summed E-state index contributed by atoms with van der Waals surface area (Å²) in [6, 6.07) is 6.38. The number of halogens is 2. The first-order chi connectivity index (χ1) is 22.0. The van der Waals surface area contributed by atoms with E-state index < -0.39 is 23.6 Å². The molecule has 0 aliphatic carbocycles. The van der Waals surface area contributed by atoms with Crippen LogP contribution in [-0.4, -0.2) is 64.0 Å². The Bertz CT molecular complexity index is 1240. The molecule has 12 heteroatoms. The molecule has 0 radical (unpaired) electrons. The number of hydrogen-bond acceptors (Lipinski definition) is 7. The number of likely N-dealkylation sites (tertiary alicyclic amines) is 1. The molecular weight excluding hydrogens is 669 g/mol. The summed E-state index contributed by atoms with van der Waals surface area (Å²) in [6.45, 7) is 8.88.